The standard InChI is InChI=1S/C17H19F.C15H15F.C14H13F/c1-2-3-4-5-14-6-8-15(9-7-14)16-10-12-17(18)13-11-16;1-2-3-12-4-6-13(7-5-12)14-8-10-15(16)11-9-14;1-2-11-3-5-12(6-4-11)13-7-9-14(15)10-8-13/h6-13H,2-5H2,1H3;4-11H,2-3H2,1H3;3-10H,2H2,1H3. The van der Waals surface area contributed by atoms with E-state index >= 15 is 0 Å². The highest BCUT2D eigenvalue weighted by Crippen LogP contribution is 2.23. The third-order valence-corrected chi connectivity index (χ3v) is 8.41. The number of aryl methyl sites for hydroxylation is 3. The van der Waals surface area contributed by atoms with Gasteiger partial charge in [0.25, 0.3) is 0 Å². The van der Waals surface area contributed by atoms with Crippen LogP contribution in [0.2, 0.25) is 0 Å². The maximum atomic E-state index is 12.8. The second kappa shape index (κ2) is 19.8. The van der Waals surface area contributed by atoms with Crippen LogP contribution in [0.5, 0.6) is 0 Å². The van der Waals surface area contributed by atoms with Gasteiger partial charge < -0.3 is 0 Å². The minimum Gasteiger partial charge on any atom is -0.207 e. The van der Waals surface area contributed by atoms with E-state index in [0.29, 0.717) is 0 Å². The molecular formula is C46H47F3. The average Bonchev–Trinajstić information content (AvgIpc) is 3.14. The Morgan fingerprint density at radius 1 is 0.306 bits per heavy atom. The third-order valence-electron chi connectivity index (χ3n) is 8.41. The molecule has 49 heavy (non-hydrogen) atoms. The van der Waals surface area contributed by atoms with Crippen LogP contribution >= 0.6 is 0 Å². The zero-order valence-corrected chi connectivity index (χ0v) is 28.9. The molecule has 0 N–H and O–H groups in total. The molecule has 0 aliphatic rings. The van der Waals surface area contributed by atoms with E-state index in [-0.39, 0.29) is 17.5 Å². The zero-order valence-electron chi connectivity index (χ0n) is 28.9. The first-order chi connectivity index (χ1) is 23.9. The van der Waals surface area contributed by atoms with Gasteiger partial charge in [0.05, 0.1) is 0 Å². The second-order valence-corrected chi connectivity index (χ2v) is 12.2. The molecule has 3 heteroatoms. The molecule has 0 amide bonds. The summed E-state index contributed by atoms with van der Waals surface area (Å²) in [7, 11) is 0. The molecule has 0 radical (unpaired) electrons. The Kier molecular flexibility index (Phi) is 14.9. The van der Waals surface area contributed by atoms with E-state index in [1.807, 2.05) is 24.3 Å². The average molecular weight is 657 g/mol. The van der Waals surface area contributed by atoms with Crippen LogP contribution in [0.4, 0.5) is 13.2 Å². The van der Waals surface area contributed by atoms with E-state index in [9.17, 15) is 13.2 Å². The molecule has 0 atom stereocenters. The van der Waals surface area contributed by atoms with Crippen LogP contribution in [0.15, 0.2) is 146 Å². The minimum atomic E-state index is -0.191. The van der Waals surface area contributed by atoms with Crippen molar-refractivity contribution in [3.63, 3.8) is 0 Å². The van der Waals surface area contributed by atoms with Crippen LogP contribution in [0.3, 0.4) is 0 Å². The van der Waals surface area contributed by atoms with Crippen LogP contribution in [0.1, 0.15) is 63.1 Å². The number of benzene rings is 6. The Morgan fingerprint density at radius 3 is 0.878 bits per heavy atom. The van der Waals surface area contributed by atoms with Gasteiger partial charge in [-0.15, -0.1) is 0 Å². The van der Waals surface area contributed by atoms with Crippen molar-refractivity contribution in [2.75, 3.05) is 0 Å². The van der Waals surface area contributed by atoms with Crippen LogP contribution in [0, 0.1) is 17.5 Å². The molecule has 0 heterocycles. The number of rotatable bonds is 10. The summed E-state index contributed by atoms with van der Waals surface area (Å²) in [5.41, 5.74) is 10.7. The summed E-state index contributed by atoms with van der Waals surface area (Å²) in [6.45, 7) is 6.53. The Morgan fingerprint density at radius 2 is 0.592 bits per heavy atom. The topological polar surface area (TPSA) is 0 Å². The fourth-order valence-electron chi connectivity index (χ4n) is 5.46. The van der Waals surface area contributed by atoms with Crippen LogP contribution in [0.25, 0.3) is 33.4 Å². The fraction of sp³-hybridized carbons (Fsp3) is 0.217. The molecule has 0 fully saturated rings. The molecule has 0 spiro atoms. The number of hydrogen-bond donors (Lipinski definition) is 0. The van der Waals surface area contributed by atoms with Crippen molar-refractivity contribution in [3.8, 4) is 33.4 Å². The third kappa shape index (κ3) is 12.3. The maximum absolute atomic E-state index is 12.8. The summed E-state index contributed by atoms with van der Waals surface area (Å²) in [6, 6.07) is 45.3. The van der Waals surface area contributed by atoms with Gasteiger partial charge in [0.1, 0.15) is 17.5 Å². The summed E-state index contributed by atoms with van der Waals surface area (Å²) >= 11 is 0. The molecule has 0 aliphatic carbocycles. The smallest absolute Gasteiger partial charge is 0.123 e. The Balaban J connectivity index is 0.000000166. The van der Waals surface area contributed by atoms with E-state index in [1.54, 1.807) is 12.1 Å². The predicted octanol–water partition coefficient (Wildman–Crippen LogP) is 13.7. The predicted molar refractivity (Wildman–Crippen MR) is 202 cm³/mol. The van der Waals surface area contributed by atoms with Gasteiger partial charge in [-0.05, 0) is 112 Å². The van der Waals surface area contributed by atoms with Gasteiger partial charge >= 0.3 is 0 Å². The normalized spacial score (nSPS) is 10.4. The number of hydrogen-bond acceptors (Lipinski definition) is 0. The van der Waals surface area contributed by atoms with Crippen molar-refractivity contribution in [2.45, 2.75) is 65.7 Å². The summed E-state index contributed by atoms with van der Waals surface area (Å²) in [6.07, 6.45) is 8.28. The maximum Gasteiger partial charge on any atom is 0.123 e. The van der Waals surface area contributed by atoms with Crippen LogP contribution < -0.4 is 0 Å². The molecule has 0 unspecified atom stereocenters. The number of halogens is 3. The van der Waals surface area contributed by atoms with Gasteiger partial charge in [0.15, 0.2) is 0 Å². The first-order valence-electron chi connectivity index (χ1n) is 17.4. The Labute approximate surface area is 291 Å². The van der Waals surface area contributed by atoms with Crippen LogP contribution in [-0.2, 0) is 19.3 Å². The van der Waals surface area contributed by atoms with E-state index in [2.05, 4.69) is 93.6 Å². The SMILES string of the molecule is CCCCCc1ccc(-c2ccc(F)cc2)cc1.CCCc1ccc(-c2ccc(F)cc2)cc1.CCc1ccc(-c2ccc(F)cc2)cc1. The van der Waals surface area contributed by atoms with Gasteiger partial charge in [-0.2, -0.15) is 0 Å². The lowest BCUT2D eigenvalue weighted by atomic mass is 10.0. The second-order valence-electron chi connectivity index (χ2n) is 12.2. The van der Waals surface area contributed by atoms with Crippen molar-refractivity contribution in [1.82, 2.24) is 0 Å². The molecule has 0 aromatic heterocycles. The molecule has 0 aliphatic heterocycles. The van der Waals surface area contributed by atoms with Gasteiger partial charge in [0, 0.05) is 0 Å². The Bertz CT molecular complexity index is 1770. The molecule has 0 saturated carbocycles. The minimum absolute atomic E-state index is 0.185. The van der Waals surface area contributed by atoms with Gasteiger partial charge in [-0.25, -0.2) is 13.2 Å². The largest absolute Gasteiger partial charge is 0.207 e. The summed E-state index contributed by atoms with van der Waals surface area (Å²) in [5, 5.41) is 0. The van der Waals surface area contributed by atoms with E-state index in [1.165, 1.54) is 72.4 Å². The lowest BCUT2D eigenvalue weighted by Gasteiger charge is -2.04. The lowest BCUT2D eigenvalue weighted by Crippen LogP contribution is -1.86. The molecule has 6 aromatic carbocycles. The van der Waals surface area contributed by atoms with Gasteiger partial charge in [-0.1, -0.05) is 149 Å². The van der Waals surface area contributed by atoms with Gasteiger partial charge in [-0.3, -0.25) is 0 Å². The molecule has 6 aromatic rings. The fourth-order valence-corrected chi connectivity index (χ4v) is 5.46. The number of unbranched alkanes of at least 4 members (excludes halogenated alkanes) is 2. The van der Waals surface area contributed by atoms with E-state index < -0.39 is 0 Å². The zero-order chi connectivity index (χ0) is 34.8. The van der Waals surface area contributed by atoms with Crippen LogP contribution in [-0.4, -0.2) is 0 Å². The lowest BCUT2D eigenvalue weighted by molar-refractivity contribution is 0.627. The molecule has 0 nitrogen and oxygen atoms in total. The van der Waals surface area contributed by atoms with Crippen molar-refractivity contribution in [2.24, 2.45) is 0 Å². The van der Waals surface area contributed by atoms with E-state index in [0.717, 1.165) is 59.1 Å². The van der Waals surface area contributed by atoms with Crippen molar-refractivity contribution in [3.05, 3.63) is 180 Å². The molecule has 0 bridgehead atoms. The molecule has 6 rings (SSSR count). The first kappa shape index (κ1) is 36.9. The molecule has 0 saturated heterocycles. The summed E-state index contributed by atoms with van der Waals surface area (Å²) in [4.78, 5) is 0. The highest BCUT2D eigenvalue weighted by Gasteiger charge is 2.01. The molecular weight excluding hydrogens is 610 g/mol. The first-order valence-corrected chi connectivity index (χ1v) is 17.4. The molecule has 252 valence electrons. The van der Waals surface area contributed by atoms with E-state index in [4.69, 9.17) is 0 Å². The quantitative estimate of drug-likeness (QED) is 0.129. The summed E-state index contributed by atoms with van der Waals surface area (Å²) in [5.74, 6) is -0.565. The van der Waals surface area contributed by atoms with Crippen molar-refractivity contribution in [1.29, 1.82) is 0 Å². The summed E-state index contributed by atoms with van der Waals surface area (Å²) < 4.78 is 38.3. The van der Waals surface area contributed by atoms with Crippen molar-refractivity contribution >= 4 is 0 Å². The monoisotopic (exact) mass is 656 g/mol. The van der Waals surface area contributed by atoms with Gasteiger partial charge in [0.2, 0.25) is 0 Å². The van der Waals surface area contributed by atoms with Crippen molar-refractivity contribution < 1.29 is 13.2 Å². The highest BCUT2D eigenvalue weighted by molar-refractivity contribution is 5.65. The Hall–Kier alpha value is -4.89. The highest BCUT2D eigenvalue weighted by atomic mass is 19.1.